The number of hydrogen-bond donors (Lipinski definition) is 1. The lowest BCUT2D eigenvalue weighted by Gasteiger charge is -2.14. The summed E-state index contributed by atoms with van der Waals surface area (Å²) in [6, 6.07) is 15.0. The second kappa shape index (κ2) is 9.18. The van der Waals surface area contributed by atoms with Gasteiger partial charge >= 0.3 is 5.97 Å². The zero-order valence-electron chi connectivity index (χ0n) is 14.2. The first-order valence-electron chi connectivity index (χ1n) is 7.86. The van der Waals surface area contributed by atoms with Gasteiger partial charge in [0.05, 0.1) is 25.0 Å². The predicted octanol–water partition coefficient (Wildman–Crippen LogP) is 3.12. The fourth-order valence-electron chi connectivity index (χ4n) is 2.19. The summed E-state index contributed by atoms with van der Waals surface area (Å²) >= 11 is 0. The number of esters is 1. The molecular formula is C19H20N2O4. The monoisotopic (exact) mass is 340 g/mol. The summed E-state index contributed by atoms with van der Waals surface area (Å²) in [7, 11) is 1.52. The SMILES string of the molecule is CCOC(=O)CNc1cc(OC)c(OCc2ccccc2)cc1C#N. The minimum absolute atomic E-state index is 0.0319. The Kier molecular flexibility index (Phi) is 6.66. The molecule has 0 saturated heterocycles. The summed E-state index contributed by atoms with van der Waals surface area (Å²) in [5.74, 6) is 0.542. The number of anilines is 1. The normalized spacial score (nSPS) is 9.80. The number of methoxy groups -OCH3 is 1. The van der Waals surface area contributed by atoms with Crippen molar-refractivity contribution in [3.63, 3.8) is 0 Å². The Morgan fingerprint density at radius 1 is 1.20 bits per heavy atom. The Balaban J connectivity index is 2.15. The molecule has 6 heteroatoms. The second-order valence-electron chi connectivity index (χ2n) is 5.09. The molecule has 0 atom stereocenters. The van der Waals surface area contributed by atoms with Gasteiger partial charge in [-0.3, -0.25) is 4.79 Å². The van der Waals surface area contributed by atoms with Crippen LogP contribution >= 0.6 is 0 Å². The van der Waals surface area contributed by atoms with Crippen molar-refractivity contribution in [2.45, 2.75) is 13.5 Å². The van der Waals surface area contributed by atoms with Gasteiger partial charge in [-0.1, -0.05) is 30.3 Å². The van der Waals surface area contributed by atoms with Crippen LogP contribution in [0.3, 0.4) is 0 Å². The van der Waals surface area contributed by atoms with E-state index in [0.717, 1.165) is 5.56 Å². The lowest BCUT2D eigenvalue weighted by atomic mass is 10.1. The second-order valence-corrected chi connectivity index (χ2v) is 5.09. The highest BCUT2D eigenvalue weighted by Crippen LogP contribution is 2.33. The van der Waals surface area contributed by atoms with E-state index in [9.17, 15) is 10.1 Å². The van der Waals surface area contributed by atoms with E-state index in [4.69, 9.17) is 14.2 Å². The Hall–Kier alpha value is -3.20. The van der Waals surface area contributed by atoms with E-state index < -0.39 is 5.97 Å². The van der Waals surface area contributed by atoms with Crippen LogP contribution in [0.15, 0.2) is 42.5 Å². The molecule has 0 heterocycles. The standard InChI is InChI=1S/C19H20N2O4/c1-3-24-19(22)12-21-16-10-17(23-2)18(9-15(16)11-20)25-13-14-7-5-4-6-8-14/h4-10,21H,3,12-13H2,1-2H3. The lowest BCUT2D eigenvalue weighted by molar-refractivity contribution is -0.140. The molecule has 25 heavy (non-hydrogen) atoms. The lowest BCUT2D eigenvalue weighted by Crippen LogP contribution is -2.17. The van der Waals surface area contributed by atoms with Gasteiger partial charge in [0.1, 0.15) is 19.2 Å². The highest BCUT2D eigenvalue weighted by Gasteiger charge is 2.13. The van der Waals surface area contributed by atoms with Crippen molar-refractivity contribution < 1.29 is 19.0 Å². The first-order chi connectivity index (χ1) is 12.2. The molecule has 0 aliphatic heterocycles. The van der Waals surface area contributed by atoms with Crippen molar-refractivity contribution in [1.29, 1.82) is 5.26 Å². The molecular weight excluding hydrogens is 320 g/mol. The minimum atomic E-state index is -0.394. The number of nitrogens with zero attached hydrogens (tertiary/aromatic N) is 1. The van der Waals surface area contributed by atoms with E-state index in [1.54, 1.807) is 19.1 Å². The van der Waals surface area contributed by atoms with Gasteiger partial charge < -0.3 is 19.5 Å². The van der Waals surface area contributed by atoms with Crippen molar-refractivity contribution in [3.05, 3.63) is 53.6 Å². The summed E-state index contributed by atoms with van der Waals surface area (Å²) in [6.45, 7) is 2.37. The molecule has 0 aromatic heterocycles. The molecule has 0 amide bonds. The molecule has 0 radical (unpaired) electrons. The highest BCUT2D eigenvalue weighted by atomic mass is 16.5. The number of benzene rings is 2. The number of carbonyl (C=O) groups excluding carboxylic acids is 1. The highest BCUT2D eigenvalue weighted by molar-refractivity contribution is 5.76. The topological polar surface area (TPSA) is 80.6 Å². The van der Waals surface area contributed by atoms with Crippen molar-refractivity contribution in [3.8, 4) is 17.6 Å². The van der Waals surface area contributed by atoms with Gasteiger partial charge in [-0.25, -0.2) is 0 Å². The molecule has 0 spiro atoms. The van der Waals surface area contributed by atoms with Crippen molar-refractivity contribution in [2.24, 2.45) is 0 Å². The van der Waals surface area contributed by atoms with Crippen LogP contribution < -0.4 is 14.8 Å². The molecule has 130 valence electrons. The maximum absolute atomic E-state index is 11.5. The van der Waals surface area contributed by atoms with Crippen LogP contribution in [0.1, 0.15) is 18.1 Å². The summed E-state index contributed by atoms with van der Waals surface area (Å²) in [4.78, 5) is 11.5. The average Bonchev–Trinajstić information content (AvgIpc) is 2.65. The predicted molar refractivity (Wildman–Crippen MR) is 93.6 cm³/mol. The number of carbonyl (C=O) groups is 1. The molecule has 2 rings (SSSR count). The quantitative estimate of drug-likeness (QED) is 0.744. The van der Waals surface area contributed by atoms with Gasteiger partial charge in [0.25, 0.3) is 0 Å². The van der Waals surface area contributed by atoms with Crippen molar-refractivity contribution in [2.75, 3.05) is 25.6 Å². The number of rotatable bonds is 8. The zero-order chi connectivity index (χ0) is 18.1. The number of nitrogens with one attached hydrogen (secondary N) is 1. The molecule has 0 aliphatic rings. The van der Waals surface area contributed by atoms with Crippen molar-refractivity contribution in [1.82, 2.24) is 0 Å². The summed E-state index contributed by atoms with van der Waals surface area (Å²) in [5.41, 5.74) is 1.85. The Labute approximate surface area is 146 Å². The fourth-order valence-corrected chi connectivity index (χ4v) is 2.19. The van der Waals surface area contributed by atoms with Gasteiger partial charge in [-0.2, -0.15) is 5.26 Å². The van der Waals surface area contributed by atoms with E-state index in [1.165, 1.54) is 7.11 Å². The minimum Gasteiger partial charge on any atom is -0.493 e. The van der Waals surface area contributed by atoms with Gasteiger partial charge in [-0.05, 0) is 12.5 Å². The van der Waals surface area contributed by atoms with Crippen molar-refractivity contribution >= 4 is 11.7 Å². The Morgan fingerprint density at radius 3 is 2.60 bits per heavy atom. The van der Waals surface area contributed by atoms with Crippen LogP contribution in [0.5, 0.6) is 11.5 Å². The third-order valence-corrected chi connectivity index (χ3v) is 3.39. The van der Waals surface area contributed by atoms with Crippen LogP contribution in [-0.2, 0) is 16.1 Å². The van der Waals surface area contributed by atoms with Gasteiger partial charge in [0.15, 0.2) is 11.5 Å². The summed E-state index contributed by atoms with van der Waals surface area (Å²) < 4.78 is 16.0. The molecule has 1 N–H and O–H groups in total. The third-order valence-electron chi connectivity index (χ3n) is 3.39. The van der Waals surface area contributed by atoms with Crippen LogP contribution in [0.2, 0.25) is 0 Å². The molecule has 6 nitrogen and oxygen atoms in total. The van der Waals surface area contributed by atoms with E-state index in [-0.39, 0.29) is 6.54 Å². The summed E-state index contributed by atoms with van der Waals surface area (Å²) in [6.07, 6.45) is 0. The van der Waals surface area contributed by atoms with E-state index in [1.807, 2.05) is 30.3 Å². The van der Waals surface area contributed by atoms with Crippen LogP contribution in [0.25, 0.3) is 0 Å². The molecule has 0 saturated carbocycles. The zero-order valence-corrected chi connectivity index (χ0v) is 14.2. The fraction of sp³-hybridized carbons (Fsp3) is 0.263. The van der Waals surface area contributed by atoms with Gasteiger partial charge in [0.2, 0.25) is 0 Å². The largest absolute Gasteiger partial charge is 0.493 e. The molecule has 2 aromatic rings. The van der Waals surface area contributed by atoms with Crippen LogP contribution in [0.4, 0.5) is 5.69 Å². The maximum Gasteiger partial charge on any atom is 0.325 e. The molecule has 0 bridgehead atoms. The van der Waals surface area contributed by atoms with Gasteiger partial charge in [-0.15, -0.1) is 0 Å². The smallest absolute Gasteiger partial charge is 0.325 e. The molecule has 0 aliphatic carbocycles. The molecule has 2 aromatic carbocycles. The van der Waals surface area contributed by atoms with Gasteiger partial charge in [0, 0.05) is 12.1 Å². The van der Waals surface area contributed by atoms with E-state index in [0.29, 0.717) is 36.0 Å². The van der Waals surface area contributed by atoms with Crippen LogP contribution in [-0.4, -0.2) is 26.2 Å². The molecule has 0 fully saturated rings. The average molecular weight is 340 g/mol. The third kappa shape index (κ3) is 5.15. The first-order valence-corrected chi connectivity index (χ1v) is 7.86. The van der Waals surface area contributed by atoms with Crippen LogP contribution in [0, 0.1) is 11.3 Å². The number of hydrogen-bond acceptors (Lipinski definition) is 6. The molecule has 0 unspecified atom stereocenters. The maximum atomic E-state index is 11.5. The Bertz CT molecular complexity index is 754. The summed E-state index contributed by atoms with van der Waals surface area (Å²) in [5, 5.41) is 12.2. The van der Waals surface area contributed by atoms with E-state index in [2.05, 4.69) is 11.4 Å². The van der Waals surface area contributed by atoms with E-state index >= 15 is 0 Å². The number of ether oxygens (including phenoxy) is 3. The number of nitriles is 1. The first kappa shape index (κ1) is 18.1. The Morgan fingerprint density at radius 2 is 1.96 bits per heavy atom.